The number of carbonyl (C=O) groups is 1. The third-order valence-electron chi connectivity index (χ3n) is 9.61. The van der Waals surface area contributed by atoms with Crippen LogP contribution < -0.4 is 0 Å². The van der Waals surface area contributed by atoms with E-state index in [1.807, 2.05) is 10.8 Å². The molecule has 8 atom stereocenters. The van der Waals surface area contributed by atoms with Gasteiger partial charge in [-0.05, 0) is 56.9 Å². The number of cyclic esters (lactones) is 1. The van der Waals surface area contributed by atoms with E-state index in [1.54, 1.807) is 14.0 Å². The first-order valence-corrected chi connectivity index (χ1v) is 16.3. The summed E-state index contributed by atoms with van der Waals surface area (Å²) in [5, 5.41) is 11.7. The monoisotopic (exact) mass is 533 g/mol. The molecule has 0 amide bonds. The quantitative estimate of drug-likeness (QED) is 0.355. The van der Waals surface area contributed by atoms with Crippen LogP contribution in [0.2, 0.25) is 0 Å². The van der Waals surface area contributed by atoms with Gasteiger partial charge in [-0.15, -0.1) is 0 Å². The van der Waals surface area contributed by atoms with Crippen LogP contribution in [0.1, 0.15) is 65.2 Å². The summed E-state index contributed by atoms with van der Waals surface area (Å²) in [5.74, 6) is 6.27. The molecule has 1 aliphatic carbocycles. The summed E-state index contributed by atoms with van der Waals surface area (Å²) in [6.45, 7) is 3.94. The van der Waals surface area contributed by atoms with Gasteiger partial charge in [0.2, 0.25) is 5.76 Å². The molecule has 3 saturated heterocycles. The van der Waals surface area contributed by atoms with Crippen molar-refractivity contribution in [2.24, 2.45) is 23.7 Å². The number of piperidine rings is 1. The molecule has 0 radical (unpaired) electrons. The van der Waals surface area contributed by atoms with Gasteiger partial charge in [0.25, 0.3) is 0 Å². The van der Waals surface area contributed by atoms with Crippen LogP contribution in [0, 0.1) is 23.7 Å². The normalized spacial score (nSPS) is 43.4. The Kier molecular flexibility index (Phi) is 7.16. The van der Waals surface area contributed by atoms with E-state index in [0.717, 1.165) is 49.5 Å². The van der Waals surface area contributed by atoms with Crippen LogP contribution in [0.15, 0.2) is 34.7 Å². The number of esters is 1. The van der Waals surface area contributed by atoms with Crippen LogP contribution >= 0.6 is 21.6 Å². The molecule has 1 saturated carbocycles. The van der Waals surface area contributed by atoms with Gasteiger partial charge < -0.3 is 19.3 Å². The molecular formula is C28H39NO5S2. The van der Waals surface area contributed by atoms with Gasteiger partial charge >= 0.3 is 5.97 Å². The Balaban J connectivity index is 1.34. The minimum Gasteiger partial charge on any atom is -0.492 e. The lowest BCUT2D eigenvalue weighted by Gasteiger charge is -2.49. The SMILES string of the molecule is COC1=C(C)C(=O)OC1=C1OC2=CCC3CSSCC4CCCC4CC(O)C4CCCC(C2C1C)N34. The minimum atomic E-state index is -0.362. The molecule has 4 fully saturated rings. The van der Waals surface area contributed by atoms with Crippen molar-refractivity contribution in [3.8, 4) is 0 Å². The maximum absolute atomic E-state index is 12.3. The molecule has 8 heteroatoms. The predicted molar refractivity (Wildman–Crippen MR) is 143 cm³/mol. The van der Waals surface area contributed by atoms with Crippen molar-refractivity contribution in [2.45, 2.75) is 89.4 Å². The van der Waals surface area contributed by atoms with Gasteiger partial charge in [-0.1, -0.05) is 47.8 Å². The van der Waals surface area contributed by atoms with Gasteiger partial charge in [0.05, 0.1) is 18.8 Å². The molecule has 0 aromatic rings. The van der Waals surface area contributed by atoms with Gasteiger partial charge in [-0.2, -0.15) is 0 Å². The molecule has 6 nitrogen and oxygen atoms in total. The molecule has 6 aliphatic rings. The lowest BCUT2D eigenvalue weighted by Crippen LogP contribution is -2.59. The summed E-state index contributed by atoms with van der Waals surface area (Å²) in [6.07, 6.45) is 11.1. The van der Waals surface area contributed by atoms with E-state index >= 15 is 0 Å². The van der Waals surface area contributed by atoms with E-state index in [9.17, 15) is 9.90 Å². The first-order chi connectivity index (χ1) is 17.5. The number of rotatable bonds is 1. The van der Waals surface area contributed by atoms with Crippen molar-refractivity contribution in [2.75, 3.05) is 18.6 Å². The third kappa shape index (κ3) is 4.24. The minimum absolute atomic E-state index is 0.0640. The highest BCUT2D eigenvalue weighted by atomic mass is 33.1. The third-order valence-corrected chi connectivity index (χ3v) is 12.2. The second-order valence-electron chi connectivity index (χ2n) is 11.5. The lowest BCUT2D eigenvalue weighted by atomic mass is 9.78. The number of ether oxygens (including phenoxy) is 3. The van der Waals surface area contributed by atoms with E-state index < -0.39 is 0 Å². The molecule has 1 N–H and O–H groups in total. The molecule has 0 bridgehead atoms. The average Bonchev–Trinajstić information content (AvgIpc) is 3.49. The van der Waals surface area contributed by atoms with E-state index in [0.29, 0.717) is 40.9 Å². The molecule has 0 aromatic carbocycles. The molecule has 8 unspecified atom stereocenters. The zero-order valence-electron chi connectivity index (χ0n) is 21.6. The van der Waals surface area contributed by atoms with Gasteiger partial charge in [-0.25, -0.2) is 4.79 Å². The molecule has 198 valence electrons. The van der Waals surface area contributed by atoms with Crippen molar-refractivity contribution >= 4 is 27.6 Å². The number of hydrogen-bond donors (Lipinski definition) is 1. The average molecular weight is 534 g/mol. The van der Waals surface area contributed by atoms with Crippen molar-refractivity contribution in [1.29, 1.82) is 0 Å². The number of fused-ring (bicyclic) bond motifs is 3. The number of aliphatic hydroxyl groups is 1. The van der Waals surface area contributed by atoms with Crippen LogP contribution in [0.5, 0.6) is 0 Å². The molecule has 36 heavy (non-hydrogen) atoms. The Morgan fingerprint density at radius 3 is 2.64 bits per heavy atom. The Bertz CT molecular complexity index is 992. The van der Waals surface area contributed by atoms with Gasteiger partial charge in [-0.3, -0.25) is 4.90 Å². The molecule has 0 aromatic heterocycles. The number of aliphatic hydroxyl groups excluding tert-OH is 1. The highest BCUT2D eigenvalue weighted by molar-refractivity contribution is 8.76. The summed E-state index contributed by atoms with van der Waals surface area (Å²) >= 11 is 0. The fourth-order valence-electron chi connectivity index (χ4n) is 7.82. The Morgan fingerprint density at radius 1 is 1.06 bits per heavy atom. The highest BCUT2D eigenvalue weighted by Gasteiger charge is 2.52. The van der Waals surface area contributed by atoms with E-state index in [2.05, 4.69) is 28.7 Å². The number of nitrogens with zero attached hydrogens (tertiary/aromatic N) is 1. The fourth-order valence-corrected chi connectivity index (χ4v) is 10.7. The molecule has 5 heterocycles. The van der Waals surface area contributed by atoms with Gasteiger partial charge in [0.1, 0.15) is 5.76 Å². The topological polar surface area (TPSA) is 68.2 Å². The van der Waals surface area contributed by atoms with Crippen LogP contribution in [0.3, 0.4) is 0 Å². The van der Waals surface area contributed by atoms with Crippen LogP contribution in [0.4, 0.5) is 0 Å². The van der Waals surface area contributed by atoms with Crippen molar-refractivity contribution in [3.63, 3.8) is 0 Å². The molecule has 6 rings (SSSR count). The van der Waals surface area contributed by atoms with E-state index in [-0.39, 0.29) is 30.0 Å². The molecule has 5 aliphatic heterocycles. The Hall–Kier alpha value is -1.09. The number of allylic oxidation sites excluding steroid dienone is 1. The maximum atomic E-state index is 12.3. The van der Waals surface area contributed by atoms with Crippen LogP contribution in [0.25, 0.3) is 0 Å². The number of carbonyl (C=O) groups excluding carboxylic acids is 1. The summed E-state index contributed by atoms with van der Waals surface area (Å²) in [4.78, 5) is 15.0. The smallest absolute Gasteiger partial charge is 0.343 e. The standard InChI is InChI=1S/C28H39NO5S2/c1-15-24-21-9-5-8-20-22(30)12-17-6-4-7-18(17)13-35-36-14-19(29(20)21)10-11-23(24)33-26(15)27-25(32-3)16(2)28(31)34-27/h11,15,17-22,24,30H,4-10,12-14H2,1-3H3. The van der Waals surface area contributed by atoms with Gasteiger partial charge in [0.15, 0.2) is 11.5 Å². The summed E-state index contributed by atoms with van der Waals surface area (Å²) in [7, 11) is 5.66. The zero-order chi connectivity index (χ0) is 25.0. The second kappa shape index (κ2) is 10.2. The second-order valence-corrected chi connectivity index (χ2v) is 14.0. The van der Waals surface area contributed by atoms with E-state index in [4.69, 9.17) is 14.2 Å². The van der Waals surface area contributed by atoms with Crippen LogP contribution in [-0.2, 0) is 19.0 Å². The van der Waals surface area contributed by atoms with Crippen molar-refractivity contribution in [3.05, 3.63) is 34.7 Å². The Morgan fingerprint density at radius 2 is 1.81 bits per heavy atom. The summed E-state index contributed by atoms with van der Waals surface area (Å²) in [6, 6.07) is 0.914. The molecule has 0 spiro atoms. The van der Waals surface area contributed by atoms with Crippen molar-refractivity contribution in [1.82, 2.24) is 4.90 Å². The van der Waals surface area contributed by atoms with Gasteiger partial charge in [0, 0.05) is 41.5 Å². The lowest BCUT2D eigenvalue weighted by molar-refractivity contribution is -0.133. The maximum Gasteiger partial charge on any atom is 0.343 e. The van der Waals surface area contributed by atoms with E-state index in [1.165, 1.54) is 25.0 Å². The first kappa shape index (κ1) is 25.2. The molecular weight excluding hydrogens is 494 g/mol. The van der Waals surface area contributed by atoms with Crippen molar-refractivity contribution < 1.29 is 24.1 Å². The summed E-state index contributed by atoms with van der Waals surface area (Å²) < 4.78 is 17.7. The van der Waals surface area contributed by atoms with Crippen LogP contribution in [-0.4, -0.2) is 58.8 Å². The largest absolute Gasteiger partial charge is 0.492 e. The highest BCUT2D eigenvalue weighted by Crippen LogP contribution is 2.51. The first-order valence-electron chi connectivity index (χ1n) is 13.8. The number of hydrogen-bond acceptors (Lipinski definition) is 8. The summed E-state index contributed by atoms with van der Waals surface area (Å²) in [5.41, 5.74) is 0.490. The fraction of sp³-hybridized carbons (Fsp3) is 0.750. The number of methoxy groups -OCH3 is 1. The predicted octanol–water partition coefficient (Wildman–Crippen LogP) is 5.40. The Labute approximate surface area is 222 Å². The zero-order valence-corrected chi connectivity index (χ0v) is 23.2.